The smallest absolute Gasteiger partial charge is 0.356 e. The van der Waals surface area contributed by atoms with Crippen LogP contribution in [0.1, 0.15) is 34.8 Å². The molecule has 0 bridgehead atoms. The van der Waals surface area contributed by atoms with E-state index in [1.807, 2.05) is 4.90 Å². The number of hydrogen-bond acceptors (Lipinski definition) is 7. The Hall–Kier alpha value is -3.57. The van der Waals surface area contributed by atoms with Crippen LogP contribution < -0.4 is 10.2 Å². The summed E-state index contributed by atoms with van der Waals surface area (Å²) in [5.74, 6) is -3.61. The first-order chi connectivity index (χ1) is 20.3. The van der Waals surface area contributed by atoms with Crippen LogP contribution in [0, 0.1) is 17.7 Å². The van der Waals surface area contributed by atoms with Crippen LogP contribution in [0.15, 0.2) is 60.8 Å². The molecule has 1 saturated carbocycles. The molecule has 3 aromatic rings. The van der Waals surface area contributed by atoms with Crippen molar-refractivity contribution in [3.05, 3.63) is 87.9 Å². The molecule has 3 heterocycles. The number of rotatable bonds is 7. The van der Waals surface area contributed by atoms with E-state index in [9.17, 15) is 14.4 Å². The monoisotopic (exact) mass is 612 g/mol. The van der Waals surface area contributed by atoms with E-state index in [1.165, 1.54) is 30.3 Å². The van der Waals surface area contributed by atoms with Gasteiger partial charge in [0.1, 0.15) is 24.5 Å². The van der Waals surface area contributed by atoms with Crippen molar-refractivity contribution < 1.29 is 28.2 Å². The number of ether oxygens (including phenoxy) is 2. The number of fused-ring (bicyclic) bond motifs is 1. The number of halogens is 3. The first-order valence-corrected chi connectivity index (χ1v) is 14.3. The van der Waals surface area contributed by atoms with Crippen molar-refractivity contribution in [2.45, 2.75) is 31.0 Å². The van der Waals surface area contributed by atoms with Gasteiger partial charge in [0.25, 0.3) is 0 Å². The van der Waals surface area contributed by atoms with E-state index in [1.54, 1.807) is 42.5 Å². The minimum Gasteiger partial charge on any atom is -0.464 e. The highest BCUT2D eigenvalue weighted by atomic mass is 35.5. The zero-order valence-corrected chi connectivity index (χ0v) is 24.0. The van der Waals surface area contributed by atoms with Crippen molar-refractivity contribution in [1.29, 1.82) is 0 Å². The fraction of sp³-hybridized carbons (Fsp3) is 0.333. The fourth-order valence-electron chi connectivity index (χ4n) is 5.84. The number of carbonyl (C=O) groups is 3. The number of hydrogen-bond donors (Lipinski definition) is 1. The molecule has 1 N–H and O–H groups in total. The number of anilines is 2. The van der Waals surface area contributed by atoms with Gasteiger partial charge in [-0.1, -0.05) is 41.4 Å². The number of pyridine rings is 1. The van der Waals surface area contributed by atoms with Crippen LogP contribution in [0.2, 0.25) is 10.0 Å². The van der Waals surface area contributed by atoms with Crippen LogP contribution in [0.25, 0.3) is 0 Å². The first kappa shape index (κ1) is 28.5. The Kier molecular flexibility index (Phi) is 7.89. The Morgan fingerprint density at radius 1 is 1.12 bits per heavy atom. The molecule has 4 atom stereocenters. The number of benzene rings is 2. The van der Waals surface area contributed by atoms with E-state index in [-0.39, 0.29) is 28.9 Å². The van der Waals surface area contributed by atoms with Crippen LogP contribution in [0.4, 0.5) is 15.8 Å². The molecule has 1 aromatic heterocycles. The maximum atomic E-state index is 15.7. The zero-order valence-electron chi connectivity index (χ0n) is 22.5. The largest absolute Gasteiger partial charge is 0.464 e. The van der Waals surface area contributed by atoms with Gasteiger partial charge in [0, 0.05) is 23.2 Å². The lowest BCUT2D eigenvalue weighted by atomic mass is 9.81. The Balaban J connectivity index is 1.41. The standard InChI is InChI=1S/C30H27Cl2FN4O5/c1-41-30(40)22-11-10-19(13-34-22)37-15-42-29-24(28(37)39)23(20-6-3-7-21(32)25(20)33)26(36(29)14-16-8-9-16)27(38)35-18-5-2-4-17(31)12-18/h2-7,10-13,16,23-24,26,29H,8-9,14-15H2,1H3,(H,35,38)/t23-,24+,26?,29-/m0/s1. The van der Waals surface area contributed by atoms with Gasteiger partial charge < -0.3 is 14.8 Å². The quantitative estimate of drug-likeness (QED) is 0.371. The van der Waals surface area contributed by atoms with E-state index in [0.29, 0.717) is 28.9 Å². The topological polar surface area (TPSA) is 101 Å². The van der Waals surface area contributed by atoms with Crippen molar-refractivity contribution in [1.82, 2.24) is 9.88 Å². The minimum absolute atomic E-state index is 0.0811. The molecule has 0 radical (unpaired) electrons. The third-order valence-electron chi connectivity index (χ3n) is 7.97. The van der Waals surface area contributed by atoms with Gasteiger partial charge in [-0.05, 0) is 60.7 Å². The number of nitrogens with zero attached hydrogens (tertiary/aromatic N) is 3. The third-order valence-corrected chi connectivity index (χ3v) is 8.49. The molecule has 3 fully saturated rings. The summed E-state index contributed by atoms with van der Waals surface area (Å²) in [4.78, 5) is 47.6. The highest BCUT2D eigenvalue weighted by Gasteiger charge is 2.60. The van der Waals surface area contributed by atoms with Crippen molar-refractivity contribution in [2.24, 2.45) is 11.8 Å². The van der Waals surface area contributed by atoms with E-state index in [0.717, 1.165) is 12.8 Å². The number of aromatic nitrogens is 1. The van der Waals surface area contributed by atoms with Crippen molar-refractivity contribution in [2.75, 3.05) is 30.6 Å². The molecule has 2 saturated heterocycles. The van der Waals surface area contributed by atoms with Crippen LogP contribution in [0.3, 0.4) is 0 Å². The van der Waals surface area contributed by atoms with E-state index >= 15 is 4.39 Å². The zero-order chi connectivity index (χ0) is 29.5. The number of esters is 1. The highest BCUT2D eigenvalue weighted by molar-refractivity contribution is 6.31. The van der Waals surface area contributed by atoms with Gasteiger partial charge in [0.05, 0.1) is 36.0 Å². The maximum Gasteiger partial charge on any atom is 0.356 e. The van der Waals surface area contributed by atoms with Gasteiger partial charge in [-0.15, -0.1) is 0 Å². The molecule has 3 aliphatic rings. The number of nitrogens with one attached hydrogen (secondary N) is 1. The molecule has 1 unspecified atom stereocenters. The molecule has 12 heteroatoms. The molecular formula is C30H27Cl2FN4O5. The predicted molar refractivity (Wildman–Crippen MR) is 154 cm³/mol. The van der Waals surface area contributed by atoms with Crippen molar-refractivity contribution in [3.8, 4) is 0 Å². The summed E-state index contributed by atoms with van der Waals surface area (Å²) >= 11 is 12.4. The van der Waals surface area contributed by atoms with Gasteiger partial charge in [-0.25, -0.2) is 14.2 Å². The normalized spacial score (nSPS) is 23.9. The lowest BCUT2D eigenvalue weighted by Crippen LogP contribution is -2.53. The Bertz CT molecular complexity index is 1540. The van der Waals surface area contributed by atoms with E-state index in [2.05, 4.69) is 10.3 Å². The summed E-state index contributed by atoms with van der Waals surface area (Å²) in [6, 6.07) is 13.4. The second kappa shape index (κ2) is 11.6. The molecule has 9 nitrogen and oxygen atoms in total. The molecule has 2 amide bonds. The Labute approximate surface area is 251 Å². The predicted octanol–water partition coefficient (Wildman–Crippen LogP) is 5.09. The van der Waals surface area contributed by atoms with Gasteiger partial charge in [-0.3, -0.25) is 19.4 Å². The molecule has 6 rings (SSSR count). The highest BCUT2D eigenvalue weighted by Crippen LogP contribution is 2.49. The van der Waals surface area contributed by atoms with Crippen LogP contribution in [-0.4, -0.2) is 60.3 Å². The van der Waals surface area contributed by atoms with E-state index in [4.69, 9.17) is 32.7 Å². The average molecular weight is 613 g/mol. The Morgan fingerprint density at radius 2 is 1.90 bits per heavy atom. The molecule has 2 aromatic carbocycles. The first-order valence-electron chi connectivity index (χ1n) is 13.5. The summed E-state index contributed by atoms with van der Waals surface area (Å²) < 4.78 is 26.7. The summed E-state index contributed by atoms with van der Waals surface area (Å²) in [7, 11) is 1.25. The fourth-order valence-corrected chi connectivity index (χ4v) is 6.21. The van der Waals surface area contributed by atoms with Gasteiger partial charge >= 0.3 is 5.97 Å². The summed E-state index contributed by atoms with van der Waals surface area (Å²) in [5.41, 5.74) is 1.10. The summed E-state index contributed by atoms with van der Waals surface area (Å²) in [6.07, 6.45) is 2.58. The van der Waals surface area contributed by atoms with Crippen LogP contribution in [0.5, 0.6) is 0 Å². The lowest BCUT2D eigenvalue weighted by molar-refractivity contribution is -0.146. The van der Waals surface area contributed by atoms with Gasteiger partial charge in [0.15, 0.2) is 0 Å². The Morgan fingerprint density at radius 3 is 2.60 bits per heavy atom. The molecule has 1 aliphatic carbocycles. The van der Waals surface area contributed by atoms with Gasteiger partial charge in [0.2, 0.25) is 11.8 Å². The summed E-state index contributed by atoms with van der Waals surface area (Å²) in [5, 5.41) is 3.25. The third kappa shape index (κ3) is 5.35. The molecule has 42 heavy (non-hydrogen) atoms. The second-order valence-corrected chi connectivity index (χ2v) is 11.5. The van der Waals surface area contributed by atoms with Crippen LogP contribution in [-0.2, 0) is 19.1 Å². The maximum absolute atomic E-state index is 15.7. The molecule has 2 aliphatic heterocycles. The summed E-state index contributed by atoms with van der Waals surface area (Å²) in [6.45, 7) is 0.393. The number of amides is 2. The van der Waals surface area contributed by atoms with Crippen LogP contribution >= 0.6 is 23.2 Å². The minimum atomic E-state index is -0.948. The molecule has 0 spiro atoms. The van der Waals surface area contributed by atoms with Crippen molar-refractivity contribution in [3.63, 3.8) is 0 Å². The second-order valence-electron chi connectivity index (χ2n) is 10.6. The molecule has 218 valence electrons. The SMILES string of the molecule is COC(=O)c1ccc(N2CO[C@H]3[C@@H](C2=O)[C@H](c2cccc(Cl)c2F)C(C(=O)Nc2cccc(Cl)c2)N3CC2CC2)cn1. The number of likely N-dealkylation sites (tertiary alicyclic amines) is 1. The van der Waals surface area contributed by atoms with E-state index < -0.39 is 41.8 Å². The van der Waals surface area contributed by atoms with Gasteiger partial charge in [-0.2, -0.15) is 0 Å². The molecular weight excluding hydrogens is 586 g/mol. The number of methoxy groups -OCH3 is 1. The van der Waals surface area contributed by atoms with Crippen molar-refractivity contribution >= 4 is 52.4 Å². The number of carbonyl (C=O) groups excluding carboxylic acids is 3. The average Bonchev–Trinajstić information content (AvgIpc) is 3.74. The lowest BCUT2D eigenvalue weighted by Gasteiger charge is -2.38.